The third-order valence-corrected chi connectivity index (χ3v) is 2.85. The van der Waals surface area contributed by atoms with Crippen LogP contribution in [-0.2, 0) is 4.74 Å². The summed E-state index contributed by atoms with van der Waals surface area (Å²) in [6.07, 6.45) is 5.43. The standard InChI is InChI=1S/C11H17N3O2/c1-2-16-11(15)14-7-3-4-9(8-14)10-12-5-6-13-10/h5-6,9H,2-4,7-8H2,1H3,(H,12,13). The van der Waals surface area contributed by atoms with E-state index in [-0.39, 0.29) is 6.09 Å². The van der Waals surface area contributed by atoms with Crippen LogP contribution in [0.2, 0.25) is 0 Å². The zero-order valence-corrected chi connectivity index (χ0v) is 9.48. The zero-order chi connectivity index (χ0) is 11.4. The fourth-order valence-electron chi connectivity index (χ4n) is 2.08. The third-order valence-electron chi connectivity index (χ3n) is 2.85. The van der Waals surface area contributed by atoms with Crippen molar-refractivity contribution in [1.29, 1.82) is 0 Å². The zero-order valence-electron chi connectivity index (χ0n) is 9.48. The van der Waals surface area contributed by atoms with Gasteiger partial charge in [0.25, 0.3) is 0 Å². The molecule has 0 aliphatic carbocycles. The number of H-pyrrole nitrogens is 1. The first-order valence-corrected chi connectivity index (χ1v) is 5.72. The van der Waals surface area contributed by atoms with Crippen molar-refractivity contribution < 1.29 is 9.53 Å². The van der Waals surface area contributed by atoms with E-state index in [0.717, 1.165) is 25.2 Å². The van der Waals surface area contributed by atoms with E-state index in [9.17, 15) is 4.79 Å². The Hall–Kier alpha value is -1.52. The Labute approximate surface area is 94.8 Å². The average molecular weight is 223 g/mol. The monoisotopic (exact) mass is 223 g/mol. The number of nitrogens with one attached hydrogen (secondary N) is 1. The van der Waals surface area contributed by atoms with Crippen molar-refractivity contribution in [3.05, 3.63) is 18.2 Å². The molecule has 1 N–H and O–H groups in total. The van der Waals surface area contributed by atoms with E-state index in [1.54, 1.807) is 11.1 Å². The summed E-state index contributed by atoms with van der Waals surface area (Å²) in [5.74, 6) is 1.28. The number of hydrogen-bond donors (Lipinski definition) is 1. The van der Waals surface area contributed by atoms with Crippen molar-refractivity contribution in [2.24, 2.45) is 0 Å². The molecule has 1 fully saturated rings. The van der Waals surface area contributed by atoms with Gasteiger partial charge in [0.1, 0.15) is 5.82 Å². The molecule has 1 atom stereocenters. The third kappa shape index (κ3) is 2.35. The van der Waals surface area contributed by atoms with Crippen LogP contribution in [0.5, 0.6) is 0 Å². The molecule has 0 radical (unpaired) electrons. The highest BCUT2D eigenvalue weighted by molar-refractivity contribution is 5.67. The van der Waals surface area contributed by atoms with Crippen molar-refractivity contribution in [3.8, 4) is 0 Å². The Morgan fingerprint density at radius 3 is 3.31 bits per heavy atom. The van der Waals surface area contributed by atoms with Crippen LogP contribution < -0.4 is 0 Å². The van der Waals surface area contributed by atoms with Gasteiger partial charge in [0.15, 0.2) is 0 Å². The van der Waals surface area contributed by atoms with Crippen molar-refractivity contribution in [1.82, 2.24) is 14.9 Å². The summed E-state index contributed by atoms with van der Waals surface area (Å²) in [5, 5.41) is 0. The Kier molecular flexibility index (Phi) is 3.44. The first-order chi connectivity index (χ1) is 7.81. The normalized spacial score (nSPS) is 20.8. The number of nitrogens with zero attached hydrogens (tertiary/aromatic N) is 2. The number of likely N-dealkylation sites (tertiary alicyclic amines) is 1. The largest absolute Gasteiger partial charge is 0.450 e. The molecule has 0 bridgehead atoms. The molecular weight excluding hydrogens is 206 g/mol. The number of carbonyl (C=O) groups is 1. The number of carbonyl (C=O) groups excluding carboxylic acids is 1. The van der Waals surface area contributed by atoms with Crippen LogP contribution in [0.3, 0.4) is 0 Å². The molecule has 1 amide bonds. The van der Waals surface area contributed by atoms with E-state index in [0.29, 0.717) is 19.1 Å². The molecule has 0 aromatic carbocycles. The van der Waals surface area contributed by atoms with Gasteiger partial charge in [-0.2, -0.15) is 0 Å². The van der Waals surface area contributed by atoms with Crippen LogP contribution in [0.25, 0.3) is 0 Å². The highest BCUT2D eigenvalue weighted by Crippen LogP contribution is 2.24. The molecule has 88 valence electrons. The van der Waals surface area contributed by atoms with Crippen LogP contribution >= 0.6 is 0 Å². The number of ether oxygens (including phenoxy) is 1. The first-order valence-electron chi connectivity index (χ1n) is 5.72. The van der Waals surface area contributed by atoms with Crippen molar-refractivity contribution >= 4 is 6.09 Å². The van der Waals surface area contributed by atoms with Crippen molar-refractivity contribution in [3.63, 3.8) is 0 Å². The number of imidazole rings is 1. The molecule has 5 heteroatoms. The molecule has 2 heterocycles. The van der Waals surface area contributed by atoms with Gasteiger partial charge in [-0.1, -0.05) is 0 Å². The molecular formula is C11H17N3O2. The molecule has 0 saturated carbocycles. The van der Waals surface area contributed by atoms with Crippen LogP contribution in [0.1, 0.15) is 31.5 Å². The lowest BCUT2D eigenvalue weighted by Gasteiger charge is -2.30. The maximum absolute atomic E-state index is 11.6. The van der Waals surface area contributed by atoms with Crippen LogP contribution in [0.4, 0.5) is 4.79 Å². The minimum atomic E-state index is -0.209. The summed E-state index contributed by atoms with van der Waals surface area (Å²) in [6, 6.07) is 0. The molecule has 0 spiro atoms. The lowest BCUT2D eigenvalue weighted by atomic mass is 9.98. The molecule has 1 aromatic rings. The van der Waals surface area contributed by atoms with Gasteiger partial charge in [-0.05, 0) is 19.8 Å². The van der Waals surface area contributed by atoms with Gasteiger partial charge in [0.2, 0.25) is 0 Å². The Bertz CT molecular complexity index is 337. The lowest BCUT2D eigenvalue weighted by Crippen LogP contribution is -2.39. The van der Waals surface area contributed by atoms with Gasteiger partial charge in [-0.25, -0.2) is 9.78 Å². The highest BCUT2D eigenvalue weighted by Gasteiger charge is 2.26. The molecule has 5 nitrogen and oxygen atoms in total. The van der Waals surface area contributed by atoms with E-state index in [1.165, 1.54) is 0 Å². The number of aromatic amines is 1. The molecule has 1 aromatic heterocycles. The second-order valence-corrected chi connectivity index (χ2v) is 3.96. The molecule has 1 aliphatic rings. The number of amides is 1. The fourth-order valence-corrected chi connectivity index (χ4v) is 2.08. The van der Waals surface area contributed by atoms with E-state index < -0.39 is 0 Å². The van der Waals surface area contributed by atoms with Crippen LogP contribution in [0.15, 0.2) is 12.4 Å². The number of rotatable bonds is 2. The topological polar surface area (TPSA) is 58.2 Å². The number of aromatic nitrogens is 2. The van der Waals surface area contributed by atoms with Crippen molar-refractivity contribution in [2.45, 2.75) is 25.7 Å². The first kappa shape index (κ1) is 11.0. The average Bonchev–Trinajstić information content (AvgIpc) is 2.83. The van der Waals surface area contributed by atoms with Gasteiger partial charge in [-0.3, -0.25) is 0 Å². The number of hydrogen-bond acceptors (Lipinski definition) is 3. The summed E-state index contributed by atoms with van der Waals surface area (Å²) in [6.45, 7) is 3.75. The summed E-state index contributed by atoms with van der Waals surface area (Å²) < 4.78 is 5.00. The molecule has 1 saturated heterocycles. The van der Waals surface area contributed by atoms with Crippen LogP contribution in [-0.4, -0.2) is 40.7 Å². The molecule has 2 rings (SSSR count). The number of piperidine rings is 1. The Morgan fingerprint density at radius 1 is 1.75 bits per heavy atom. The van der Waals surface area contributed by atoms with Crippen LogP contribution in [0, 0.1) is 0 Å². The smallest absolute Gasteiger partial charge is 0.409 e. The fraction of sp³-hybridized carbons (Fsp3) is 0.636. The highest BCUT2D eigenvalue weighted by atomic mass is 16.6. The predicted molar refractivity (Wildman–Crippen MR) is 59.2 cm³/mol. The SMILES string of the molecule is CCOC(=O)N1CCCC(c2ncc[nH]2)C1. The minimum absolute atomic E-state index is 0.209. The predicted octanol–water partition coefficient (Wildman–Crippen LogP) is 1.75. The maximum Gasteiger partial charge on any atom is 0.409 e. The van der Waals surface area contributed by atoms with Gasteiger partial charge in [0.05, 0.1) is 6.61 Å². The lowest BCUT2D eigenvalue weighted by molar-refractivity contribution is 0.0953. The van der Waals surface area contributed by atoms with Gasteiger partial charge < -0.3 is 14.6 Å². The summed E-state index contributed by atoms with van der Waals surface area (Å²) >= 11 is 0. The Morgan fingerprint density at radius 2 is 2.62 bits per heavy atom. The maximum atomic E-state index is 11.6. The summed E-state index contributed by atoms with van der Waals surface area (Å²) in [4.78, 5) is 20.7. The van der Waals surface area contributed by atoms with E-state index in [2.05, 4.69) is 9.97 Å². The van der Waals surface area contributed by atoms with E-state index in [1.807, 2.05) is 13.1 Å². The van der Waals surface area contributed by atoms with E-state index >= 15 is 0 Å². The summed E-state index contributed by atoms with van der Waals surface area (Å²) in [5.41, 5.74) is 0. The van der Waals surface area contributed by atoms with E-state index in [4.69, 9.17) is 4.74 Å². The molecule has 1 unspecified atom stereocenters. The summed E-state index contributed by atoms with van der Waals surface area (Å²) in [7, 11) is 0. The Balaban J connectivity index is 1.96. The van der Waals surface area contributed by atoms with Crippen molar-refractivity contribution in [2.75, 3.05) is 19.7 Å². The quantitative estimate of drug-likeness (QED) is 0.830. The van der Waals surface area contributed by atoms with Gasteiger partial charge >= 0.3 is 6.09 Å². The molecule has 16 heavy (non-hydrogen) atoms. The second-order valence-electron chi connectivity index (χ2n) is 3.96. The second kappa shape index (κ2) is 5.01. The van der Waals surface area contributed by atoms with Gasteiger partial charge in [-0.15, -0.1) is 0 Å². The van der Waals surface area contributed by atoms with Gasteiger partial charge in [0, 0.05) is 31.4 Å². The minimum Gasteiger partial charge on any atom is -0.450 e. The molecule has 1 aliphatic heterocycles.